The third-order valence-corrected chi connectivity index (χ3v) is 4.72. The first-order chi connectivity index (χ1) is 12.4. The summed E-state index contributed by atoms with van der Waals surface area (Å²) in [7, 11) is 0. The smallest absolute Gasteiger partial charge is 0.314 e. The van der Waals surface area contributed by atoms with E-state index in [1.165, 1.54) is 11.1 Å². The third kappa shape index (κ3) is 5.15. The molecule has 3 N–H and O–H groups in total. The van der Waals surface area contributed by atoms with Crippen LogP contribution in [-0.4, -0.2) is 66.0 Å². The Morgan fingerprint density at radius 1 is 1.26 bits per heavy atom. The Kier molecular flexibility index (Phi) is 7.11. The summed E-state index contributed by atoms with van der Waals surface area (Å²) in [5.41, 5.74) is 0.581. The molecule has 0 aromatic carbocycles. The van der Waals surface area contributed by atoms with Crippen LogP contribution in [-0.2, 0) is 9.59 Å². The topological polar surface area (TPSA) is 107 Å². The Hall–Kier alpha value is -2.23. The largest absolute Gasteiger partial charge is 0.328 e. The van der Waals surface area contributed by atoms with Crippen LogP contribution in [0.5, 0.6) is 0 Å². The SMILES string of the molecule is C[C@@H]1CNC[C@H](C)N1CC(=O)Nc1ccc(N2CCC(=O)NC2=O)cn1.Cl. The molecule has 3 rings (SSSR count). The highest BCUT2D eigenvalue weighted by Gasteiger charge is 2.27. The number of carbonyl (C=O) groups excluding carboxylic acids is 3. The molecule has 2 fully saturated rings. The number of hydrogen-bond donors (Lipinski definition) is 3. The quantitative estimate of drug-likeness (QED) is 0.687. The van der Waals surface area contributed by atoms with E-state index < -0.39 is 6.03 Å². The molecule has 2 aliphatic rings. The number of pyridine rings is 1. The number of imide groups is 1. The summed E-state index contributed by atoms with van der Waals surface area (Å²) in [6.07, 6.45) is 1.77. The van der Waals surface area contributed by atoms with Crippen molar-refractivity contribution in [2.75, 3.05) is 36.4 Å². The molecular formula is C17H25ClN6O3. The molecule has 10 heteroatoms. The van der Waals surface area contributed by atoms with Crippen LogP contribution in [0.15, 0.2) is 18.3 Å². The predicted molar refractivity (Wildman–Crippen MR) is 104 cm³/mol. The fourth-order valence-corrected chi connectivity index (χ4v) is 3.26. The molecule has 3 heterocycles. The van der Waals surface area contributed by atoms with Gasteiger partial charge in [0, 0.05) is 38.1 Å². The Morgan fingerprint density at radius 2 is 1.96 bits per heavy atom. The maximum Gasteiger partial charge on any atom is 0.328 e. The van der Waals surface area contributed by atoms with Gasteiger partial charge in [0.2, 0.25) is 11.8 Å². The van der Waals surface area contributed by atoms with Crippen molar-refractivity contribution in [3.8, 4) is 0 Å². The zero-order valence-corrected chi connectivity index (χ0v) is 16.2. The summed E-state index contributed by atoms with van der Waals surface area (Å²) >= 11 is 0. The highest BCUT2D eigenvalue weighted by Crippen LogP contribution is 2.18. The van der Waals surface area contributed by atoms with Gasteiger partial charge in [-0.05, 0) is 26.0 Å². The lowest BCUT2D eigenvalue weighted by Gasteiger charge is -2.38. The molecule has 27 heavy (non-hydrogen) atoms. The molecule has 0 bridgehead atoms. The van der Waals surface area contributed by atoms with Gasteiger partial charge < -0.3 is 10.6 Å². The second-order valence-electron chi connectivity index (χ2n) is 6.73. The predicted octanol–water partition coefficient (Wildman–Crippen LogP) is 0.570. The third-order valence-electron chi connectivity index (χ3n) is 4.72. The van der Waals surface area contributed by atoms with Crippen molar-refractivity contribution in [2.24, 2.45) is 0 Å². The maximum atomic E-state index is 12.3. The molecule has 1 aromatic heterocycles. The second-order valence-corrected chi connectivity index (χ2v) is 6.73. The highest BCUT2D eigenvalue weighted by atomic mass is 35.5. The van der Waals surface area contributed by atoms with E-state index in [0.29, 0.717) is 36.7 Å². The Labute approximate surface area is 164 Å². The van der Waals surface area contributed by atoms with Gasteiger partial charge in [-0.25, -0.2) is 9.78 Å². The van der Waals surface area contributed by atoms with Gasteiger partial charge in [-0.3, -0.25) is 24.7 Å². The fourth-order valence-electron chi connectivity index (χ4n) is 3.26. The van der Waals surface area contributed by atoms with Crippen molar-refractivity contribution in [3.05, 3.63) is 18.3 Å². The molecule has 2 aliphatic heterocycles. The molecule has 148 valence electrons. The molecule has 0 unspecified atom stereocenters. The molecule has 9 nitrogen and oxygen atoms in total. The van der Waals surface area contributed by atoms with Gasteiger partial charge in [-0.1, -0.05) is 0 Å². The van der Waals surface area contributed by atoms with Gasteiger partial charge in [-0.2, -0.15) is 0 Å². The first-order valence-corrected chi connectivity index (χ1v) is 8.78. The van der Waals surface area contributed by atoms with E-state index in [1.807, 2.05) is 0 Å². The number of anilines is 2. The number of carbonyl (C=O) groups is 3. The van der Waals surface area contributed by atoms with Crippen molar-refractivity contribution in [3.63, 3.8) is 0 Å². The van der Waals surface area contributed by atoms with E-state index in [2.05, 4.69) is 39.7 Å². The van der Waals surface area contributed by atoms with E-state index in [9.17, 15) is 14.4 Å². The number of halogens is 1. The number of rotatable bonds is 4. The number of amides is 4. The lowest BCUT2D eigenvalue weighted by Crippen LogP contribution is -2.56. The van der Waals surface area contributed by atoms with E-state index in [0.717, 1.165) is 13.1 Å². The van der Waals surface area contributed by atoms with Gasteiger partial charge in [0.15, 0.2) is 0 Å². The number of nitrogens with one attached hydrogen (secondary N) is 3. The van der Waals surface area contributed by atoms with Crippen molar-refractivity contribution in [2.45, 2.75) is 32.4 Å². The summed E-state index contributed by atoms with van der Waals surface area (Å²) in [6, 6.07) is 3.48. The van der Waals surface area contributed by atoms with Crippen molar-refractivity contribution in [1.82, 2.24) is 20.5 Å². The molecule has 2 saturated heterocycles. The van der Waals surface area contributed by atoms with Crippen LogP contribution in [0.2, 0.25) is 0 Å². The fraction of sp³-hybridized carbons (Fsp3) is 0.529. The summed E-state index contributed by atoms with van der Waals surface area (Å²) in [6.45, 7) is 6.55. The van der Waals surface area contributed by atoms with E-state index in [1.54, 1.807) is 12.1 Å². The number of aromatic nitrogens is 1. The van der Waals surface area contributed by atoms with Crippen LogP contribution in [0.3, 0.4) is 0 Å². The highest BCUT2D eigenvalue weighted by molar-refractivity contribution is 6.05. The molecular weight excluding hydrogens is 372 g/mol. The van der Waals surface area contributed by atoms with Crippen LogP contribution in [0, 0.1) is 0 Å². The minimum atomic E-state index is -0.457. The van der Waals surface area contributed by atoms with E-state index in [4.69, 9.17) is 0 Å². The molecule has 0 radical (unpaired) electrons. The van der Waals surface area contributed by atoms with Crippen LogP contribution in [0.1, 0.15) is 20.3 Å². The van der Waals surface area contributed by atoms with Gasteiger partial charge in [0.25, 0.3) is 0 Å². The van der Waals surface area contributed by atoms with E-state index >= 15 is 0 Å². The zero-order valence-electron chi connectivity index (χ0n) is 15.4. The van der Waals surface area contributed by atoms with Gasteiger partial charge >= 0.3 is 6.03 Å². The Balaban J connectivity index is 0.00000261. The van der Waals surface area contributed by atoms with Crippen molar-refractivity contribution in [1.29, 1.82) is 0 Å². The molecule has 1 aromatic rings. The average Bonchev–Trinajstić information content (AvgIpc) is 2.59. The molecule has 2 atom stereocenters. The van der Waals surface area contributed by atoms with Crippen molar-refractivity contribution >= 4 is 41.8 Å². The van der Waals surface area contributed by atoms with Gasteiger partial charge in [0.05, 0.1) is 18.4 Å². The van der Waals surface area contributed by atoms with Crippen LogP contribution in [0.4, 0.5) is 16.3 Å². The lowest BCUT2D eigenvalue weighted by atomic mass is 10.1. The standard InChI is InChI=1S/C17H24N6O3.ClH/c1-11-7-18-8-12(2)23(11)10-16(25)20-14-4-3-13(9-19-14)22-6-5-15(24)21-17(22)26;/h3-4,9,11-12,18H,5-8,10H2,1-2H3,(H,19,20,25)(H,21,24,26);1H/t11-,12+;. The van der Waals surface area contributed by atoms with E-state index in [-0.39, 0.29) is 30.6 Å². The monoisotopic (exact) mass is 396 g/mol. The number of hydrogen-bond acceptors (Lipinski definition) is 6. The minimum Gasteiger partial charge on any atom is -0.314 e. The lowest BCUT2D eigenvalue weighted by molar-refractivity contribution is -0.120. The summed E-state index contributed by atoms with van der Waals surface area (Å²) < 4.78 is 0. The Morgan fingerprint density at radius 3 is 2.56 bits per heavy atom. The number of piperazine rings is 1. The summed E-state index contributed by atoms with van der Waals surface area (Å²) in [4.78, 5) is 43.2. The molecule has 0 spiro atoms. The number of urea groups is 1. The van der Waals surface area contributed by atoms with Crippen LogP contribution in [0.25, 0.3) is 0 Å². The van der Waals surface area contributed by atoms with Gasteiger partial charge in [0.1, 0.15) is 5.82 Å². The van der Waals surface area contributed by atoms with Crippen LogP contribution >= 0.6 is 12.4 Å². The zero-order chi connectivity index (χ0) is 18.7. The molecule has 0 saturated carbocycles. The Bertz CT molecular complexity index is 688. The first kappa shape index (κ1) is 21.1. The van der Waals surface area contributed by atoms with Crippen molar-refractivity contribution < 1.29 is 14.4 Å². The van der Waals surface area contributed by atoms with Gasteiger partial charge in [-0.15, -0.1) is 12.4 Å². The summed E-state index contributed by atoms with van der Waals surface area (Å²) in [5.74, 6) is 0.0364. The first-order valence-electron chi connectivity index (χ1n) is 8.78. The second kappa shape index (κ2) is 9.12. The maximum absolute atomic E-state index is 12.3. The number of nitrogens with zero attached hydrogens (tertiary/aromatic N) is 3. The molecule has 0 aliphatic carbocycles. The van der Waals surface area contributed by atoms with Crippen LogP contribution < -0.4 is 20.9 Å². The summed E-state index contributed by atoms with van der Waals surface area (Å²) in [5, 5.41) is 8.40. The normalized spacial score (nSPS) is 23.4. The molecule has 4 amide bonds. The minimum absolute atomic E-state index is 0. The average molecular weight is 397 g/mol.